The van der Waals surface area contributed by atoms with Gasteiger partial charge in [-0.15, -0.1) is 0 Å². The van der Waals surface area contributed by atoms with Crippen molar-refractivity contribution < 1.29 is 24.1 Å². The van der Waals surface area contributed by atoms with Crippen molar-refractivity contribution in [2.75, 3.05) is 0 Å². The zero-order valence-corrected chi connectivity index (χ0v) is 9.03. The second-order valence-electron chi connectivity index (χ2n) is 1.78. The summed E-state index contributed by atoms with van der Waals surface area (Å²) in [5.41, 5.74) is 0. The van der Waals surface area contributed by atoms with Crippen molar-refractivity contribution in [2.24, 2.45) is 0 Å². The molecule has 5 heteroatoms. The first-order valence-corrected chi connectivity index (χ1v) is 4.41. The van der Waals surface area contributed by atoms with Crippen LogP contribution < -0.4 is 3.32 Å². The first-order chi connectivity index (χ1) is 5.16. The van der Waals surface area contributed by atoms with Crippen LogP contribution in [0.15, 0.2) is 12.1 Å². The Bertz CT molecular complexity index is 277. The van der Waals surface area contributed by atoms with Gasteiger partial charge in [-0.05, 0) is 0 Å². The monoisotopic (exact) mass is 243 g/mol. The second kappa shape index (κ2) is 4.02. The van der Waals surface area contributed by atoms with Crippen LogP contribution in [0.1, 0.15) is 0 Å². The maximum atomic E-state index is 5.76. The normalized spacial score (nSPS) is 9.64. The quantitative estimate of drug-likeness (QED) is 0.543. The topological polar surface area (TPSA) is 9.23 Å². The summed E-state index contributed by atoms with van der Waals surface area (Å²) in [4.78, 5) is 0. The molecule has 0 saturated heterocycles. The predicted octanol–water partition coefficient (Wildman–Crippen LogP) is 3.49. The van der Waals surface area contributed by atoms with E-state index in [-0.39, 0.29) is 0 Å². The van der Waals surface area contributed by atoms with Crippen molar-refractivity contribution >= 4 is 34.8 Å². The summed E-state index contributed by atoms with van der Waals surface area (Å²) >= 11 is 18.7. The zero-order chi connectivity index (χ0) is 8.43. The molecule has 0 amide bonds. The van der Waals surface area contributed by atoms with Crippen LogP contribution in [0.25, 0.3) is 0 Å². The molecule has 0 unspecified atom stereocenters. The molecule has 1 rings (SSSR count). The third kappa shape index (κ3) is 2.04. The van der Waals surface area contributed by atoms with E-state index in [4.69, 9.17) is 38.1 Å². The van der Waals surface area contributed by atoms with E-state index in [0.717, 1.165) is 0 Å². The molecule has 0 fully saturated rings. The average Bonchev–Trinajstić information content (AvgIpc) is 2.01. The Labute approximate surface area is 91.5 Å². The zero-order valence-electron chi connectivity index (χ0n) is 5.20. The molecule has 0 aliphatic rings. The summed E-state index contributed by atoms with van der Waals surface area (Å²) in [6, 6.07) is 3.30. The van der Waals surface area contributed by atoms with Crippen molar-refractivity contribution in [1.82, 2.24) is 0 Å². The van der Waals surface area contributed by atoms with Crippen LogP contribution in [0.3, 0.4) is 0 Å². The predicted molar refractivity (Wildman–Crippen MR) is 42.1 cm³/mol. The Morgan fingerprint density at radius 2 is 1.73 bits per heavy atom. The van der Waals surface area contributed by atoms with E-state index >= 15 is 0 Å². The van der Waals surface area contributed by atoms with Crippen molar-refractivity contribution in [3.63, 3.8) is 0 Å². The molecule has 0 bridgehead atoms. The summed E-state index contributed by atoms with van der Waals surface area (Å²) in [5.74, 6) is 0.529. The van der Waals surface area contributed by atoms with Crippen LogP contribution in [-0.4, -0.2) is 0 Å². The number of rotatable bonds is 1. The van der Waals surface area contributed by atoms with Crippen LogP contribution in [-0.2, 0) is 20.8 Å². The van der Waals surface area contributed by atoms with Crippen LogP contribution in [0.4, 0.5) is 0 Å². The van der Waals surface area contributed by atoms with Crippen molar-refractivity contribution in [2.45, 2.75) is 0 Å². The van der Waals surface area contributed by atoms with Crippen LogP contribution in [0.5, 0.6) is 5.75 Å². The first kappa shape index (κ1) is 9.69. The van der Waals surface area contributed by atoms with Crippen LogP contribution in [0.2, 0.25) is 15.1 Å². The molecule has 0 heterocycles. The number of hydrogen-bond donors (Lipinski definition) is 0. The second-order valence-corrected chi connectivity index (χ2v) is 3.26. The van der Waals surface area contributed by atoms with Gasteiger partial charge in [-0.3, -0.25) is 0 Å². The van der Waals surface area contributed by atoms with Gasteiger partial charge in [0, 0.05) is 0 Å². The number of hydrogen-bond acceptors (Lipinski definition) is 1. The minimum absolute atomic E-state index is 0.327. The Morgan fingerprint density at radius 1 is 1.09 bits per heavy atom. The van der Waals surface area contributed by atoms with E-state index < -0.39 is 0 Å². The molecule has 1 aromatic carbocycles. The SMILES string of the molecule is Clc1ccc([O][Ti])c(Cl)c1Cl. The summed E-state index contributed by atoms with van der Waals surface area (Å²) in [7, 11) is 0. The number of halogens is 3. The molecule has 0 radical (unpaired) electrons. The van der Waals surface area contributed by atoms with Gasteiger partial charge < -0.3 is 0 Å². The molecule has 0 aromatic heterocycles. The Hall–Kier alpha value is 0.604. The standard InChI is InChI=1S/C6H3Cl3O.Ti/c7-3-1-2-4(10)6(9)5(3)8;/h1-2,10H;/q;+1/p-1. The fourth-order valence-electron chi connectivity index (χ4n) is 0.587. The Kier molecular flexibility index (Phi) is 3.54. The average molecular weight is 244 g/mol. The van der Waals surface area contributed by atoms with Gasteiger partial charge in [0.15, 0.2) is 0 Å². The molecule has 0 aliphatic heterocycles. The van der Waals surface area contributed by atoms with Gasteiger partial charge in [0.25, 0.3) is 0 Å². The van der Waals surface area contributed by atoms with E-state index in [1.165, 1.54) is 20.8 Å². The van der Waals surface area contributed by atoms with Crippen molar-refractivity contribution in [1.29, 1.82) is 0 Å². The van der Waals surface area contributed by atoms with E-state index in [0.29, 0.717) is 20.8 Å². The number of benzene rings is 1. The summed E-state index contributed by atoms with van der Waals surface area (Å²) < 4.78 is 4.91. The van der Waals surface area contributed by atoms with Crippen LogP contribution >= 0.6 is 34.8 Å². The molecule has 0 atom stereocenters. The van der Waals surface area contributed by atoms with Gasteiger partial charge in [0.05, 0.1) is 0 Å². The van der Waals surface area contributed by atoms with E-state index in [1.807, 2.05) is 0 Å². The Balaban J connectivity index is 3.25. The maximum absolute atomic E-state index is 5.76. The first-order valence-electron chi connectivity index (χ1n) is 2.64. The van der Waals surface area contributed by atoms with Gasteiger partial charge in [-0.1, -0.05) is 0 Å². The minimum atomic E-state index is 0.327. The molecule has 1 nitrogen and oxygen atoms in total. The molecule has 0 N–H and O–H groups in total. The molecule has 1 aromatic rings. The van der Waals surface area contributed by atoms with E-state index in [9.17, 15) is 0 Å². The molecule has 57 valence electrons. The van der Waals surface area contributed by atoms with Crippen LogP contribution in [0, 0.1) is 0 Å². The summed E-state index contributed by atoms with van der Waals surface area (Å²) in [6.45, 7) is 0. The third-order valence-electron chi connectivity index (χ3n) is 1.11. The van der Waals surface area contributed by atoms with Gasteiger partial charge in [0.2, 0.25) is 0 Å². The third-order valence-corrected chi connectivity index (χ3v) is 2.73. The molecular weight excluding hydrogens is 242 g/mol. The molecule has 0 spiro atoms. The molecule has 0 aliphatic carbocycles. The molecule has 0 saturated carbocycles. The molecular formula is C6H2Cl3OTi. The van der Waals surface area contributed by atoms with Gasteiger partial charge >= 0.3 is 91.9 Å². The fraction of sp³-hybridized carbons (Fsp3) is 0. The summed E-state index contributed by atoms with van der Waals surface area (Å²) in [5, 5.41) is 1.10. The van der Waals surface area contributed by atoms with Gasteiger partial charge in [-0.2, -0.15) is 0 Å². The van der Waals surface area contributed by atoms with E-state index in [1.54, 1.807) is 12.1 Å². The van der Waals surface area contributed by atoms with E-state index in [2.05, 4.69) is 0 Å². The molecule has 11 heavy (non-hydrogen) atoms. The van der Waals surface area contributed by atoms with Gasteiger partial charge in [0.1, 0.15) is 0 Å². The van der Waals surface area contributed by atoms with Crippen molar-refractivity contribution in [3.8, 4) is 5.75 Å². The van der Waals surface area contributed by atoms with Gasteiger partial charge in [-0.25, -0.2) is 0 Å². The van der Waals surface area contributed by atoms with Crippen molar-refractivity contribution in [3.05, 3.63) is 27.2 Å². The summed E-state index contributed by atoms with van der Waals surface area (Å²) in [6.07, 6.45) is 0. The fourth-order valence-corrected chi connectivity index (χ4v) is 1.52. The Morgan fingerprint density at radius 3 is 2.27 bits per heavy atom.